The third kappa shape index (κ3) is 4.40. The molecule has 0 saturated carbocycles. The summed E-state index contributed by atoms with van der Waals surface area (Å²) in [7, 11) is 2.94. The number of benzene rings is 2. The van der Waals surface area contributed by atoms with Gasteiger partial charge in [0.1, 0.15) is 11.4 Å². The molecule has 3 aromatic rings. The normalized spacial score (nSPS) is 17.5. The van der Waals surface area contributed by atoms with E-state index in [1.54, 1.807) is 24.3 Å². The highest BCUT2D eigenvalue weighted by molar-refractivity contribution is 6.07. The molecule has 1 aromatic heterocycles. The van der Waals surface area contributed by atoms with Crippen molar-refractivity contribution in [3.05, 3.63) is 64.8 Å². The SMILES string of the molecule is COc1ccc([C@@H]2C[C@H](C(F)(F)F)n3ncc(C(=O)Nc4ccc(C)c(C)c4)c3N2)cc1OC. The van der Waals surface area contributed by atoms with E-state index in [0.717, 1.165) is 22.0 Å². The minimum absolute atomic E-state index is 0.00898. The molecule has 2 aromatic carbocycles. The first-order chi connectivity index (χ1) is 16.1. The van der Waals surface area contributed by atoms with Crippen molar-refractivity contribution in [1.82, 2.24) is 9.78 Å². The first-order valence-corrected chi connectivity index (χ1v) is 10.6. The molecular weight excluding hydrogens is 449 g/mol. The summed E-state index contributed by atoms with van der Waals surface area (Å²) in [6, 6.07) is 7.73. The molecule has 34 heavy (non-hydrogen) atoms. The number of fused-ring (bicyclic) bond motifs is 1. The zero-order chi connectivity index (χ0) is 24.6. The van der Waals surface area contributed by atoms with Gasteiger partial charge in [-0.2, -0.15) is 18.3 Å². The second-order valence-corrected chi connectivity index (χ2v) is 8.21. The molecule has 1 aliphatic rings. The quantitative estimate of drug-likeness (QED) is 0.516. The van der Waals surface area contributed by atoms with Crippen LogP contribution < -0.4 is 20.1 Å². The van der Waals surface area contributed by atoms with Gasteiger partial charge in [0, 0.05) is 12.1 Å². The average molecular weight is 474 g/mol. The summed E-state index contributed by atoms with van der Waals surface area (Å²) in [5.74, 6) is 0.325. The number of nitrogens with zero attached hydrogens (tertiary/aromatic N) is 2. The van der Waals surface area contributed by atoms with Crippen LogP contribution in [0.1, 0.15) is 45.6 Å². The van der Waals surface area contributed by atoms with Gasteiger partial charge in [0.2, 0.25) is 0 Å². The van der Waals surface area contributed by atoms with Gasteiger partial charge in [-0.15, -0.1) is 0 Å². The van der Waals surface area contributed by atoms with Gasteiger partial charge in [0.15, 0.2) is 17.5 Å². The van der Waals surface area contributed by atoms with E-state index >= 15 is 0 Å². The number of carbonyl (C=O) groups is 1. The first kappa shape index (κ1) is 23.5. The number of rotatable bonds is 5. The van der Waals surface area contributed by atoms with Crippen molar-refractivity contribution in [3.8, 4) is 11.5 Å². The Morgan fingerprint density at radius 2 is 1.82 bits per heavy atom. The second-order valence-electron chi connectivity index (χ2n) is 8.21. The lowest BCUT2D eigenvalue weighted by atomic mass is 9.96. The van der Waals surface area contributed by atoms with Crippen LogP contribution in [-0.4, -0.2) is 36.1 Å². The molecule has 10 heteroatoms. The van der Waals surface area contributed by atoms with E-state index in [9.17, 15) is 18.0 Å². The number of aryl methyl sites for hydroxylation is 2. The molecule has 0 spiro atoms. The zero-order valence-corrected chi connectivity index (χ0v) is 19.2. The van der Waals surface area contributed by atoms with Crippen LogP contribution in [-0.2, 0) is 0 Å². The maximum atomic E-state index is 14.0. The molecule has 0 fully saturated rings. The van der Waals surface area contributed by atoms with Gasteiger partial charge in [-0.05, 0) is 54.8 Å². The van der Waals surface area contributed by atoms with E-state index < -0.39 is 24.2 Å². The highest BCUT2D eigenvalue weighted by Crippen LogP contribution is 2.45. The number of aromatic nitrogens is 2. The maximum absolute atomic E-state index is 14.0. The van der Waals surface area contributed by atoms with Gasteiger partial charge in [-0.25, -0.2) is 4.68 Å². The van der Waals surface area contributed by atoms with Gasteiger partial charge in [-0.3, -0.25) is 4.79 Å². The number of hydrogen-bond donors (Lipinski definition) is 2. The van der Waals surface area contributed by atoms with E-state index in [1.165, 1.54) is 14.2 Å². The van der Waals surface area contributed by atoms with Crippen molar-refractivity contribution in [1.29, 1.82) is 0 Å². The van der Waals surface area contributed by atoms with Crippen molar-refractivity contribution in [2.45, 2.75) is 38.5 Å². The van der Waals surface area contributed by atoms with E-state index in [-0.39, 0.29) is 17.8 Å². The number of amides is 1. The van der Waals surface area contributed by atoms with Crippen LogP contribution in [0.3, 0.4) is 0 Å². The topological polar surface area (TPSA) is 77.4 Å². The van der Waals surface area contributed by atoms with Crippen molar-refractivity contribution >= 4 is 17.4 Å². The minimum atomic E-state index is -4.56. The Kier molecular flexibility index (Phi) is 6.16. The molecule has 1 aliphatic heterocycles. The number of methoxy groups -OCH3 is 2. The van der Waals surface area contributed by atoms with Crippen LogP contribution in [0, 0.1) is 13.8 Å². The number of hydrogen-bond acceptors (Lipinski definition) is 5. The number of nitrogens with one attached hydrogen (secondary N) is 2. The Labute approximate surface area is 194 Å². The Hall–Kier alpha value is -3.69. The van der Waals surface area contributed by atoms with E-state index in [1.807, 2.05) is 26.0 Å². The number of halogens is 3. The van der Waals surface area contributed by atoms with E-state index in [2.05, 4.69) is 15.7 Å². The van der Waals surface area contributed by atoms with Crippen molar-refractivity contribution in [3.63, 3.8) is 0 Å². The first-order valence-electron chi connectivity index (χ1n) is 10.6. The molecule has 0 bridgehead atoms. The predicted octanol–water partition coefficient (Wildman–Crippen LogP) is 5.43. The van der Waals surface area contributed by atoms with Gasteiger partial charge < -0.3 is 20.1 Å². The van der Waals surface area contributed by atoms with Crippen molar-refractivity contribution in [2.24, 2.45) is 0 Å². The summed E-state index contributed by atoms with van der Waals surface area (Å²) >= 11 is 0. The van der Waals surface area contributed by atoms with Crippen LogP contribution in [0.15, 0.2) is 42.6 Å². The van der Waals surface area contributed by atoms with E-state index in [0.29, 0.717) is 22.7 Å². The Bertz CT molecular complexity index is 1220. The fraction of sp³-hybridized carbons (Fsp3) is 0.333. The third-order valence-electron chi connectivity index (χ3n) is 6.06. The monoisotopic (exact) mass is 474 g/mol. The van der Waals surface area contributed by atoms with Gasteiger partial charge in [-0.1, -0.05) is 12.1 Å². The van der Waals surface area contributed by atoms with Gasteiger partial charge in [0.05, 0.1) is 26.5 Å². The van der Waals surface area contributed by atoms with Crippen LogP contribution in [0.4, 0.5) is 24.7 Å². The number of alkyl halides is 3. The molecule has 0 saturated heterocycles. The lowest BCUT2D eigenvalue weighted by Crippen LogP contribution is -2.36. The minimum Gasteiger partial charge on any atom is -0.493 e. The smallest absolute Gasteiger partial charge is 0.410 e. The predicted molar refractivity (Wildman–Crippen MR) is 122 cm³/mol. The number of anilines is 2. The molecule has 2 atom stereocenters. The molecule has 2 heterocycles. The Morgan fingerprint density at radius 1 is 1.09 bits per heavy atom. The van der Waals surface area contributed by atoms with Crippen LogP contribution in [0.2, 0.25) is 0 Å². The van der Waals surface area contributed by atoms with Gasteiger partial charge >= 0.3 is 6.18 Å². The third-order valence-corrected chi connectivity index (χ3v) is 6.06. The highest BCUT2D eigenvalue weighted by Gasteiger charge is 2.47. The van der Waals surface area contributed by atoms with Crippen molar-refractivity contribution < 1.29 is 27.4 Å². The zero-order valence-electron chi connectivity index (χ0n) is 19.2. The lowest BCUT2D eigenvalue weighted by molar-refractivity contribution is -0.173. The van der Waals surface area contributed by atoms with Crippen LogP contribution >= 0.6 is 0 Å². The number of ether oxygens (including phenoxy) is 2. The van der Waals surface area contributed by atoms with Gasteiger partial charge in [0.25, 0.3) is 5.91 Å². The summed E-state index contributed by atoms with van der Waals surface area (Å²) in [6.45, 7) is 3.86. The summed E-state index contributed by atoms with van der Waals surface area (Å²) in [5, 5.41) is 9.75. The standard InChI is InChI=1S/C24H25F3N4O3/c1-13-5-7-16(9-14(13)2)29-23(32)17-12-28-31-21(24(25,26)27)11-18(30-22(17)31)15-6-8-19(33-3)20(10-15)34-4/h5-10,12,18,21,30H,11H2,1-4H3,(H,29,32)/t18-,21+/m0/s1. The molecular formula is C24H25F3N4O3. The molecule has 180 valence electrons. The molecule has 0 unspecified atom stereocenters. The molecule has 0 radical (unpaired) electrons. The average Bonchev–Trinajstić information content (AvgIpc) is 3.23. The fourth-order valence-corrected chi connectivity index (χ4v) is 4.03. The summed E-state index contributed by atoms with van der Waals surface area (Å²) < 4.78 is 53.3. The molecule has 7 nitrogen and oxygen atoms in total. The molecule has 0 aliphatic carbocycles. The maximum Gasteiger partial charge on any atom is 0.410 e. The van der Waals surface area contributed by atoms with E-state index in [4.69, 9.17) is 9.47 Å². The fourth-order valence-electron chi connectivity index (χ4n) is 4.03. The van der Waals surface area contributed by atoms with Crippen LogP contribution in [0.5, 0.6) is 11.5 Å². The Balaban J connectivity index is 1.69. The van der Waals surface area contributed by atoms with Crippen LogP contribution in [0.25, 0.3) is 0 Å². The largest absolute Gasteiger partial charge is 0.493 e. The summed E-state index contributed by atoms with van der Waals surface area (Å²) in [6.07, 6.45) is -3.69. The lowest BCUT2D eigenvalue weighted by Gasteiger charge is -2.34. The summed E-state index contributed by atoms with van der Waals surface area (Å²) in [5.41, 5.74) is 3.19. The summed E-state index contributed by atoms with van der Waals surface area (Å²) in [4.78, 5) is 13.0. The number of carbonyl (C=O) groups excluding carboxylic acids is 1. The molecule has 2 N–H and O–H groups in total. The second kappa shape index (κ2) is 8.92. The Morgan fingerprint density at radius 3 is 2.47 bits per heavy atom. The molecule has 1 amide bonds. The molecule has 4 rings (SSSR count). The van der Waals surface area contributed by atoms with Crippen molar-refractivity contribution in [2.75, 3.05) is 24.9 Å². The highest BCUT2D eigenvalue weighted by atomic mass is 19.4.